The minimum absolute atomic E-state index is 0.0582. The first-order valence-corrected chi connectivity index (χ1v) is 5.97. The molecular formula is C13H21N3O. The van der Waals surface area contributed by atoms with E-state index in [-0.39, 0.29) is 11.6 Å². The van der Waals surface area contributed by atoms with Gasteiger partial charge < -0.3 is 9.88 Å². The van der Waals surface area contributed by atoms with Crippen molar-refractivity contribution in [3.05, 3.63) is 35.4 Å². The molecule has 0 aromatic carbocycles. The average Bonchev–Trinajstić information content (AvgIpc) is 2.23. The van der Waals surface area contributed by atoms with Gasteiger partial charge in [0.1, 0.15) is 0 Å². The standard InChI is InChI=1S/C13H21N3O/c1-5-6-11(4)15-12-13(17)16(8-7-14-12)9-10(2)3/h5,7-8,10-11H,1,6,9H2,2-4H3,(H,14,15). The van der Waals surface area contributed by atoms with Gasteiger partial charge in [0, 0.05) is 25.0 Å². The molecule has 94 valence electrons. The van der Waals surface area contributed by atoms with E-state index in [1.165, 1.54) is 0 Å². The number of rotatable bonds is 6. The molecule has 0 aliphatic heterocycles. The molecule has 0 bridgehead atoms. The molecule has 4 nitrogen and oxygen atoms in total. The summed E-state index contributed by atoms with van der Waals surface area (Å²) in [5.41, 5.74) is -0.0582. The van der Waals surface area contributed by atoms with Crippen LogP contribution in [0.15, 0.2) is 29.8 Å². The third kappa shape index (κ3) is 4.06. The van der Waals surface area contributed by atoms with Crippen LogP contribution in [0.1, 0.15) is 27.2 Å². The highest BCUT2D eigenvalue weighted by Crippen LogP contribution is 2.02. The van der Waals surface area contributed by atoms with Crippen molar-refractivity contribution in [3.63, 3.8) is 0 Å². The molecule has 1 rings (SSSR count). The zero-order valence-electron chi connectivity index (χ0n) is 10.8. The zero-order valence-corrected chi connectivity index (χ0v) is 10.8. The first-order chi connectivity index (χ1) is 8.04. The number of hydrogen-bond donors (Lipinski definition) is 1. The van der Waals surface area contributed by atoms with Gasteiger partial charge in [0.15, 0.2) is 5.82 Å². The summed E-state index contributed by atoms with van der Waals surface area (Å²) in [6, 6.07) is 0.169. The number of hydrogen-bond acceptors (Lipinski definition) is 3. The van der Waals surface area contributed by atoms with Crippen molar-refractivity contribution in [1.29, 1.82) is 0 Å². The Bertz CT molecular complexity index is 423. The van der Waals surface area contributed by atoms with Crippen LogP contribution >= 0.6 is 0 Å². The van der Waals surface area contributed by atoms with Gasteiger partial charge in [-0.2, -0.15) is 0 Å². The van der Waals surface area contributed by atoms with E-state index < -0.39 is 0 Å². The molecule has 17 heavy (non-hydrogen) atoms. The Hall–Kier alpha value is -1.58. The minimum Gasteiger partial charge on any atom is -0.363 e. The van der Waals surface area contributed by atoms with Crippen LogP contribution in [0.5, 0.6) is 0 Å². The molecule has 1 aromatic rings. The van der Waals surface area contributed by atoms with Gasteiger partial charge in [-0.3, -0.25) is 4.79 Å². The predicted molar refractivity (Wildman–Crippen MR) is 71.2 cm³/mol. The summed E-state index contributed by atoms with van der Waals surface area (Å²) < 4.78 is 1.70. The number of anilines is 1. The molecule has 0 radical (unpaired) electrons. The molecule has 1 N–H and O–H groups in total. The fourth-order valence-electron chi connectivity index (χ4n) is 1.63. The van der Waals surface area contributed by atoms with Gasteiger partial charge in [0.05, 0.1) is 0 Å². The quantitative estimate of drug-likeness (QED) is 0.769. The van der Waals surface area contributed by atoms with Crippen LogP contribution in [0, 0.1) is 5.92 Å². The maximum atomic E-state index is 12.1. The molecule has 1 aromatic heterocycles. The molecule has 0 amide bonds. The first kappa shape index (κ1) is 13.5. The van der Waals surface area contributed by atoms with Crippen molar-refractivity contribution in [3.8, 4) is 0 Å². The summed E-state index contributed by atoms with van der Waals surface area (Å²) in [7, 11) is 0. The van der Waals surface area contributed by atoms with Crippen molar-refractivity contribution in [1.82, 2.24) is 9.55 Å². The van der Waals surface area contributed by atoms with Gasteiger partial charge in [-0.15, -0.1) is 6.58 Å². The monoisotopic (exact) mass is 235 g/mol. The predicted octanol–water partition coefficient (Wildman–Crippen LogP) is 2.28. The van der Waals surface area contributed by atoms with E-state index in [1.54, 1.807) is 17.0 Å². The number of aromatic nitrogens is 2. The largest absolute Gasteiger partial charge is 0.363 e. The van der Waals surface area contributed by atoms with Crippen molar-refractivity contribution in [2.45, 2.75) is 39.8 Å². The van der Waals surface area contributed by atoms with Crippen molar-refractivity contribution >= 4 is 5.82 Å². The second-order valence-corrected chi connectivity index (χ2v) is 4.70. The van der Waals surface area contributed by atoms with Crippen molar-refractivity contribution < 1.29 is 0 Å². The topological polar surface area (TPSA) is 46.9 Å². The van der Waals surface area contributed by atoms with Crippen LogP contribution < -0.4 is 10.9 Å². The van der Waals surface area contributed by atoms with Crippen LogP contribution in [-0.4, -0.2) is 15.6 Å². The lowest BCUT2D eigenvalue weighted by molar-refractivity contribution is 0.509. The van der Waals surface area contributed by atoms with E-state index >= 15 is 0 Å². The Balaban J connectivity index is 2.86. The first-order valence-electron chi connectivity index (χ1n) is 5.97. The molecular weight excluding hydrogens is 214 g/mol. The molecule has 4 heteroatoms. The highest BCUT2D eigenvalue weighted by atomic mass is 16.1. The highest BCUT2D eigenvalue weighted by Gasteiger charge is 2.08. The molecule has 1 unspecified atom stereocenters. The number of nitrogens with one attached hydrogen (secondary N) is 1. The fourth-order valence-corrected chi connectivity index (χ4v) is 1.63. The Morgan fingerprint density at radius 3 is 2.82 bits per heavy atom. The van der Waals surface area contributed by atoms with Gasteiger partial charge in [-0.25, -0.2) is 4.98 Å². The van der Waals surface area contributed by atoms with Gasteiger partial charge in [0.25, 0.3) is 5.56 Å². The number of nitrogens with zero attached hydrogens (tertiary/aromatic N) is 2. The Morgan fingerprint density at radius 1 is 1.53 bits per heavy atom. The Morgan fingerprint density at radius 2 is 2.24 bits per heavy atom. The molecule has 0 saturated carbocycles. The second kappa shape index (κ2) is 6.23. The maximum absolute atomic E-state index is 12.1. The molecule has 0 spiro atoms. The SMILES string of the molecule is C=CCC(C)Nc1nccn(CC(C)C)c1=O. The lowest BCUT2D eigenvalue weighted by Crippen LogP contribution is -2.28. The van der Waals surface area contributed by atoms with E-state index in [1.807, 2.05) is 13.0 Å². The van der Waals surface area contributed by atoms with Crippen LogP contribution in [0.3, 0.4) is 0 Å². The summed E-state index contributed by atoms with van der Waals surface area (Å²) in [6.45, 7) is 10.6. The summed E-state index contributed by atoms with van der Waals surface area (Å²) in [6.07, 6.45) is 6.02. The van der Waals surface area contributed by atoms with E-state index in [9.17, 15) is 4.79 Å². The van der Waals surface area contributed by atoms with Gasteiger partial charge in [-0.05, 0) is 19.3 Å². The van der Waals surface area contributed by atoms with Gasteiger partial charge in [0.2, 0.25) is 0 Å². The summed E-state index contributed by atoms with van der Waals surface area (Å²) in [5, 5.41) is 3.11. The van der Waals surface area contributed by atoms with Crippen molar-refractivity contribution in [2.75, 3.05) is 5.32 Å². The van der Waals surface area contributed by atoms with Gasteiger partial charge >= 0.3 is 0 Å². The Labute approximate surface area is 102 Å². The van der Waals surface area contributed by atoms with Crippen LogP contribution in [0.25, 0.3) is 0 Å². The molecule has 0 aliphatic rings. The summed E-state index contributed by atoms with van der Waals surface area (Å²) in [5.74, 6) is 0.857. The third-order valence-electron chi connectivity index (χ3n) is 2.38. The smallest absolute Gasteiger partial charge is 0.293 e. The molecule has 0 aliphatic carbocycles. The maximum Gasteiger partial charge on any atom is 0.293 e. The molecule has 1 heterocycles. The fraction of sp³-hybridized carbons (Fsp3) is 0.538. The van der Waals surface area contributed by atoms with Crippen molar-refractivity contribution in [2.24, 2.45) is 5.92 Å². The minimum atomic E-state index is -0.0582. The van der Waals surface area contributed by atoms with Crippen LogP contribution in [0.4, 0.5) is 5.82 Å². The van der Waals surface area contributed by atoms with E-state index in [0.29, 0.717) is 18.3 Å². The van der Waals surface area contributed by atoms with Crippen LogP contribution in [0.2, 0.25) is 0 Å². The normalized spacial score (nSPS) is 12.5. The van der Waals surface area contributed by atoms with E-state index in [2.05, 4.69) is 30.7 Å². The van der Waals surface area contributed by atoms with E-state index in [0.717, 1.165) is 6.42 Å². The lowest BCUT2D eigenvalue weighted by Gasteiger charge is -2.14. The van der Waals surface area contributed by atoms with Crippen LogP contribution in [-0.2, 0) is 6.54 Å². The lowest BCUT2D eigenvalue weighted by atomic mass is 10.2. The summed E-state index contributed by atoms with van der Waals surface area (Å²) in [4.78, 5) is 16.1. The Kier molecular flexibility index (Phi) is 4.94. The molecule has 0 saturated heterocycles. The molecule has 1 atom stereocenters. The third-order valence-corrected chi connectivity index (χ3v) is 2.38. The highest BCUT2D eigenvalue weighted by molar-refractivity contribution is 5.32. The second-order valence-electron chi connectivity index (χ2n) is 4.70. The molecule has 0 fully saturated rings. The average molecular weight is 235 g/mol. The van der Waals surface area contributed by atoms with E-state index in [4.69, 9.17) is 0 Å². The zero-order chi connectivity index (χ0) is 12.8. The summed E-state index contributed by atoms with van der Waals surface area (Å²) >= 11 is 0. The van der Waals surface area contributed by atoms with Gasteiger partial charge in [-0.1, -0.05) is 19.9 Å².